The average Bonchev–Trinajstić information content (AvgIpc) is 1.80. The van der Waals surface area contributed by atoms with Crippen LogP contribution in [-0.4, -0.2) is 7.85 Å². The lowest BCUT2D eigenvalue weighted by atomic mass is 9.94. The predicted octanol–water partition coefficient (Wildman–Crippen LogP) is 0.371. The Bertz CT molecular complexity index is 220. The Labute approximate surface area is 56.3 Å². The molecule has 0 saturated heterocycles. The third-order valence-electron chi connectivity index (χ3n) is 1.29. The van der Waals surface area contributed by atoms with E-state index in [2.05, 4.69) is 0 Å². The van der Waals surface area contributed by atoms with Crippen LogP contribution >= 0.6 is 0 Å². The second-order valence-electron chi connectivity index (χ2n) is 2.12. The van der Waals surface area contributed by atoms with Gasteiger partial charge >= 0.3 is 0 Å². The van der Waals surface area contributed by atoms with Gasteiger partial charge in [0.1, 0.15) is 7.85 Å². The van der Waals surface area contributed by atoms with Crippen LogP contribution in [-0.2, 0) is 0 Å². The standard InChI is InChI=1S/C7H8BN/c1-5-4-6(8)2-3-7(5)9/h2-4H,9H2,1H3. The molecule has 0 aliphatic heterocycles. The summed E-state index contributed by atoms with van der Waals surface area (Å²) < 4.78 is 0. The maximum absolute atomic E-state index is 5.53. The summed E-state index contributed by atoms with van der Waals surface area (Å²) in [4.78, 5) is 0. The zero-order chi connectivity index (χ0) is 6.85. The highest BCUT2D eigenvalue weighted by Crippen LogP contribution is 2.04. The number of rotatable bonds is 0. The van der Waals surface area contributed by atoms with Crippen molar-refractivity contribution in [1.82, 2.24) is 0 Å². The molecule has 0 unspecified atom stereocenters. The third kappa shape index (κ3) is 1.25. The van der Waals surface area contributed by atoms with Gasteiger partial charge in [0.25, 0.3) is 0 Å². The Hall–Kier alpha value is -0.915. The maximum Gasteiger partial charge on any atom is 0.113 e. The zero-order valence-electron chi connectivity index (χ0n) is 5.39. The van der Waals surface area contributed by atoms with Gasteiger partial charge in [-0.15, -0.1) is 0 Å². The van der Waals surface area contributed by atoms with E-state index in [-0.39, 0.29) is 0 Å². The summed E-state index contributed by atoms with van der Waals surface area (Å²) in [5.74, 6) is 0. The summed E-state index contributed by atoms with van der Waals surface area (Å²) in [5.41, 5.74) is 8.13. The Morgan fingerprint density at radius 1 is 1.44 bits per heavy atom. The molecule has 9 heavy (non-hydrogen) atoms. The predicted molar refractivity (Wildman–Crippen MR) is 41.0 cm³/mol. The van der Waals surface area contributed by atoms with Crippen molar-refractivity contribution in [3.63, 3.8) is 0 Å². The molecule has 2 radical (unpaired) electrons. The van der Waals surface area contributed by atoms with Crippen LogP contribution in [0.25, 0.3) is 0 Å². The Balaban J connectivity index is 3.17. The molecule has 1 aromatic rings. The van der Waals surface area contributed by atoms with E-state index < -0.39 is 0 Å². The van der Waals surface area contributed by atoms with Gasteiger partial charge in [0.15, 0.2) is 0 Å². The fraction of sp³-hybridized carbons (Fsp3) is 0.143. The third-order valence-corrected chi connectivity index (χ3v) is 1.29. The minimum Gasteiger partial charge on any atom is -0.399 e. The van der Waals surface area contributed by atoms with Gasteiger partial charge in [-0.1, -0.05) is 17.6 Å². The van der Waals surface area contributed by atoms with Crippen LogP contribution in [0.1, 0.15) is 5.56 Å². The smallest absolute Gasteiger partial charge is 0.113 e. The van der Waals surface area contributed by atoms with Crippen molar-refractivity contribution in [1.29, 1.82) is 0 Å². The molecule has 0 atom stereocenters. The van der Waals surface area contributed by atoms with E-state index in [9.17, 15) is 0 Å². The lowest BCUT2D eigenvalue weighted by Gasteiger charge is -1.98. The van der Waals surface area contributed by atoms with Crippen LogP contribution < -0.4 is 11.2 Å². The number of nitrogens with two attached hydrogens (primary N) is 1. The van der Waals surface area contributed by atoms with E-state index in [1.54, 1.807) is 6.07 Å². The SMILES string of the molecule is [B]c1ccc(N)c(C)c1. The van der Waals surface area contributed by atoms with E-state index in [1.165, 1.54) is 0 Å². The molecule has 0 aromatic heterocycles. The quantitative estimate of drug-likeness (QED) is 0.385. The lowest BCUT2D eigenvalue weighted by molar-refractivity contribution is 1.49. The van der Waals surface area contributed by atoms with Gasteiger partial charge in [-0.25, -0.2) is 0 Å². The number of anilines is 1. The highest BCUT2D eigenvalue weighted by Gasteiger charge is 1.89. The van der Waals surface area contributed by atoms with Gasteiger partial charge in [0.05, 0.1) is 0 Å². The molecule has 0 aliphatic carbocycles. The Morgan fingerprint density at radius 2 is 2.11 bits per heavy atom. The van der Waals surface area contributed by atoms with Crippen molar-refractivity contribution >= 4 is 19.0 Å². The second-order valence-corrected chi connectivity index (χ2v) is 2.12. The fourth-order valence-corrected chi connectivity index (χ4v) is 0.699. The molecule has 1 nitrogen and oxygen atoms in total. The van der Waals surface area contributed by atoms with Crippen molar-refractivity contribution < 1.29 is 0 Å². The topological polar surface area (TPSA) is 26.0 Å². The minimum atomic E-state index is 0.765. The largest absolute Gasteiger partial charge is 0.399 e. The molecule has 0 fully saturated rings. The van der Waals surface area contributed by atoms with E-state index in [0.29, 0.717) is 0 Å². The van der Waals surface area contributed by atoms with Crippen molar-refractivity contribution in [3.8, 4) is 0 Å². The van der Waals surface area contributed by atoms with E-state index in [1.807, 2.05) is 19.1 Å². The van der Waals surface area contributed by atoms with Gasteiger partial charge in [-0.3, -0.25) is 0 Å². The van der Waals surface area contributed by atoms with Crippen LogP contribution in [0.3, 0.4) is 0 Å². The van der Waals surface area contributed by atoms with Crippen LogP contribution in [0, 0.1) is 6.92 Å². The molecule has 0 saturated carbocycles. The molecule has 1 aromatic carbocycles. The van der Waals surface area contributed by atoms with E-state index >= 15 is 0 Å². The summed E-state index contributed by atoms with van der Waals surface area (Å²) >= 11 is 0. The number of aryl methyl sites for hydroxylation is 1. The minimum absolute atomic E-state index is 0.765. The van der Waals surface area contributed by atoms with E-state index in [0.717, 1.165) is 16.7 Å². The summed E-state index contributed by atoms with van der Waals surface area (Å²) in [6, 6.07) is 5.46. The first-order chi connectivity index (χ1) is 4.20. The summed E-state index contributed by atoms with van der Waals surface area (Å²) in [6.45, 7) is 1.94. The second kappa shape index (κ2) is 2.13. The summed E-state index contributed by atoms with van der Waals surface area (Å²) in [6.07, 6.45) is 0. The van der Waals surface area contributed by atoms with Crippen LogP contribution in [0.5, 0.6) is 0 Å². The highest BCUT2D eigenvalue weighted by molar-refractivity contribution is 6.32. The highest BCUT2D eigenvalue weighted by atomic mass is 14.5. The summed E-state index contributed by atoms with van der Waals surface area (Å²) in [7, 11) is 5.47. The molecule has 0 aliphatic rings. The molecular formula is C7H8BN. The Morgan fingerprint density at radius 3 is 2.56 bits per heavy atom. The fourth-order valence-electron chi connectivity index (χ4n) is 0.699. The molecule has 44 valence electrons. The maximum atomic E-state index is 5.53. The first-order valence-electron chi connectivity index (χ1n) is 2.82. The molecule has 0 amide bonds. The molecule has 2 N–H and O–H groups in total. The Kier molecular flexibility index (Phi) is 1.47. The monoisotopic (exact) mass is 117 g/mol. The normalized spacial score (nSPS) is 9.44. The number of nitrogen functional groups attached to an aromatic ring is 1. The van der Waals surface area contributed by atoms with Crippen LogP contribution in [0.15, 0.2) is 18.2 Å². The molecule has 1 rings (SSSR count). The first kappa shape index (κ1) is 6.21. The van der Waals surface area contributed by atoms with Gasteiger partial charge in [0.2, 0.25) is 0 Å². The molecule has 0 heterocycles. The van der Waals surface area contributed by atoms with Crippen molar-refractivity contribution in [2.24, 2.45) is 0 Å². The van der Waals surface area contributed by atoms with Crippen LogP contribution in [0.4, 0.5) is 5.69 Å². The van der Waals surface area contributed by atoms with Gasteiger partial charge in [0, 0.05) is 5.69 Å². The van der Waals surface area contributed by atoms with Crippen molar-refractivity contribution in [2.45, 2.75) is 6.92 Å². The van der Waals surface area contributed by atoms with Gasteiger partial charge < -0.3 is 5.73 Å². The summed E-state index contributed by atoms with van der Waals surface area (Å²) in [5, 5.41) is 0. The van der Waals surface area contributed by atoms with Crippen molar-refractivity contribution in [3.05, 3.63) is 23.8 Å². The van der Waals surface area contributed by atoms with Gasteiger partial charge in [-0.05, 0) is 18.6 Å². The van der Waals surface area contributed by atoms with Gasteiger partial charge in [-0.2, -0.15) is 0 Å². The van der Waals surface area contributed by atoms with E-state index in [4.69, 9.17) is 13.6 Å². The molecule has 0 bridgehead atoms. The zero-order valence-corrected chi connectivity index (χ0v) is 5.39. The number of hydrogen-bond acceptors (Lipinski definition) is 1. The van der Waals surface area contributed by atoms with Crippen LogP contribution in [0.2, 0.25) is 0 Å². The first-order valence-corrected chi connectivity index (χ1v) is 2.82. The number of benzene rings is 1. The van der Waals surface area contributed by atoms with Crippen molar-refractivity contribution in [2.75, 3.05) is 5.73 Å². The molecule has 0 spiro atoms. The molecular weight excluding hydrogens is 109 g/mol. The molecule has 2 heteroatoms. The number of hydrogen-bond donors (Lipinski definition) is 1. The average molecular weight is 117 g/mol. The lowest BCUT2D eigenvalue weighted by Crippen LogP contribution is -2.03.